The number of hydrogen-bond acceptors (Lipinski definition) is 6. The molecule has 1 amide bonds. The summed E-state index contributed by atoms with van der Waals surface area (Å²) in [4.78, 5) is 23.2. The van der Waals surface area contributed by atoms with Crippen LogP contribution >= 0.6 is 0 Å². The fourth-order valence-corrected chi connectivity index (χ4v) is 2.78. The van der Waals surface area contributed by atoms with Gasteiger partial charge in [-0.2, -0.15) is 5.10 Å². The molecule has 3 aromatic rings. The third kappa shape index (κ3) is 5.66. The van der Waals surface area contributed by atoms with Crippen LogP contribution in [0.15, 0.2) is 71.8 Å². The predicted molar refractivity (Wildman–Crippen MR) is 117 cm³/mol. The van der Waals surface area contributed by atoms with Crippen molar-refractivity contribution in [1.82, 2.24) is 5.43 Å². The number of carbonyl (C=O) groups excluding carboxylic acids is 1. The smallest absolute Gasteiger partial charge is 0.315 e. The molecule has 8 heteroatoms. The Kier molecular flexibility index (Phi) is 6.95. The highest BCUT2D eigenvalue weighted by molar-refractivity contribution is 5.95. The first kappa shape index (κ1) is 21.5. The molecule has 0 radical (unpaired) electrons. The second kappa shape index (κ2) is 10.0. The highest BCUT2D eigenvalue weighted by atomic mass is 16.6. The number of hydrogen-bond donors (Lipinski definition) is 1. The predicted octanol–water partition coefficient (Wildman–Crippen LogP) is 4.25. The number of aryl methyl sites for hydroxylation is 1. The van der Waals surface area contributed by atoms with E-state index in [0.717, 1.165) is 11.1 Å². The molecule has 0 spiro atoms. The minimum absolute atomic E-state index is 0.0252. The standard InChI is InChI=1S/C23H21N3O5/c1-16-8-10-19(11-9-16)23(27)25-24-14-18-12-20(26(28)29)22(21(13-18)30-2)31-15-17-6-4-3-5-7-17/h3-14H,15H2,1-2H3,(H,25,27)/b24-14-. The molecule has 3 rings (SSSR count). The zero-order valence-corrected chi connectivity index (χ0v) is 17.1. The Morgan fingerprint density at radius 1 is 1.13 bits per heavy atom. The van der Waals surface area contributed by atoms with Crippen LogP contribution in [0, 0.1) is 17.0 Å². The molecular formula is C23H21N3O5. The first-order valence-electron chi connectivity index (χ1n) is 9.41. The molecule has 0 aliphatic heterocycles. The van der Waals surface area contributed by atoms with Crippen molar-refractivity contribution < 1.29 is 19.2 Å². The molecule has 0 aliphatic carbocycles. The van der Waals surface area contributed by atoms with E-state index in [1.54, 1.807) is 18.2 Å². The van der Waals surface area contributed by atoms with Gasteiger partial charge in [-0.3, -0.25) is 14.9 Å². The van der Waals surface area contributed by atoms with Crippen molar-refractivity contribution in [3.63, 3.8) is 0 Å². The largest absolute Gasteiger partial charge is 0.493 e. The third-order valence-electron chi connectivity index (χ3n) is 4.39. The summed E-state index contributed by atoms with van der Waals surface area (Å²) in [6.07, 6.45) is 1.31. The zero-order chi connectivity index (χ0) is 22.2. The average Bonchev–Trinajstić information content (AvgIpc) is 2.78. The lowest BCUT2D eigenvalue weighted by atomic mass is 10.1. The van der Waals surface area contributed by atoms with Gasteiger partial charge in [-0.15, -0.1) is 0 Å². The fraction of sp³-hybridized carbons (Fsp3) is 0.130. The van der Waals surface area contributed by atoms with Crippen LogP contribution < -0.4 is 14.9 Å². The summed E-state index contributed by atoms with van der Waals surface area (Å²) >= 11 is 0. The number of benzene rings is 3. The average molecular weight is 419 g/mol. The Morgan fingerprint density at radius 2 is 1.84 bits per heavy atom. The van der Waals surface area contributed by atoms with E-state index < -0.39 is 4.92 Å². The maximum atomic E-state index is 12.1. The SMILES string of the molecule is COc1cc(/C=N\NC(=O)c2ccc(C)cc2)cc([N+](=O)[O-])c1OCc1ccccc1. The topological polar surface area (TPSA) is 103 Å². The van der Waals surface area contributed by atoms with Gasteiger partial charge < -0.3 is 9.47 Å². The lowest BCUT2D eigenvalue weighted by Gasteiger charge is -2.12. The van der Waals surface area contributed by atoms with E-state index in [9.17, 15) is 14.9 Å². The van der Waals surface area contributed by atoms with Crippen LogP contribution in [0.3, 0.4) is 0 Å². The first-order valence-corrected chi connectivity index (χ1v) is 9.41. The van der Waals surface area contributed by atoms with Gasteiger partial charge in [0.2, 0.25) is 5.75 Å². The summed E-state index contributed by atoms with van der Waals surface area (Å²) in [6, 6.07) is 19.2. The molecule has 1 N–H and O–H groups in total. The molecule has 8 nitrogen and oxygen atoms in total. The lowest BCUT2D eigenvalue weighted by Crippen LogP contribution is -2.17. The molecule has 0 atom stereocenters. The van der Waals surface area contributed by atoms with Gasteiger partial charge in [0.1, 0.15) is 6.61 Å². The molecule has 31 heavy (non-hydrogen) atoms. The van der Waals surface area contributed by atoms with Gasteiger partial charge in [-0.25, -0.2) is 5.43 Å². The second-order valence-electron chi connectivity index (χ2n) is 6.67. The number of nitrogens with one attached hydrogen (secondary N) is 1. The van der Waals surface area contributed by atoms with Gasteiger partial charge in [0.25, 0.3) is 5.91 Å². The molecule has 0 aliphatic rings. The summed E-state index contributed by atoms with van der Waals surface area (Å²) in [6.45, 7) is 2.07. The van der Waals surface area contributed by atoms with Crippen LogP contribution in [0.1, 0.15) is 27.0 Å². The van der Waals surface area contributed by atoms with Crippen molar-refractivity contribution in [2.24, 2.45) is 5.10 Å². The molecule has 0 bridgehead atoms. The van der Waals surface area contributed by atoms with Crippen LogP contribution in [0.2, 0.25) is 0 Å². The summed E-state index contributed by atoms with van der Waals surface area (Å²) in [5.41, 5.74) is 4.87. The molecule has 0 saturated heterocycles. The van der Waals surface area contributed by atoms with E-state index in [4.69, 9.17) is 9.47 Å². The minimum atomic E-state index is -0.551. The Morgan fingerprint density at radius 3 is 2.48 bits per heavy atom. The second-order valence-corrected chi connectivity index (χ2v) is 6.67. The van der Waals surface area contributed by atoms with Crippen LogP contribution in [0.4, 0.5) is 5.69 Å². The molecule has 0 aromatic heterocycles. The minimum Gasteiger partial charge on any atom is -0.493 e. The van der Waals surface area contributed by atoms with Gasteiger partial charge in [0.05, 0.1) is 18.2 Å². The van der Waals surface area contributed by atoms with Crippen molar-refractivity contribution >= 4 is 17.8 Å². The van der Waals surface area contributed by atoms with Gasteiger partial charge >= 0.3 is 5.69 Å². The Hall–Kier alpha value is -4.20. The van der Waals surface area contributed by atoms with Gasteiger partial charge in [-0.05, 0) is 30.7 Å². The molecule has 0 fully saturated rings. The Labute approximate surface area is 179 Å². The lowest BCUT2D eigenvalue weighted by molar-refractivity contribution is -0.386. The number of nitrogens with zero attached hydrogens (tertiary/aromatic N) is 2. The summed E-state index contributed by atoms with van der Waals surface area (Å²) < 4.78 is 11.0. The molecule has 3 aromatic carbocycles. The highest BCUT2D eigenvalue weighted by Gasteiger charge is 2.22. The van der Waals surface area contributed by atoms with E-state index >= 15 is 0 Å². The quantitative estimate of drug-likeness (QED) is 0.334. The molecule has 0 heterocycles. The maximum absolute atomic E-state index is 12.1. The summed E-state index contributed by atoms with van der Waals surface area (Å²) in [5.74, 6) is -0.172. The zero-order valence-electron chi connectivity index (χ0n) is 17.1. The molecule has 0 unspecified atom stereocenters. The number of nitro groups is 1. The van der Waals surface area contributed by atoms with E-state index in [1.807, 2.05) is 49.4 Å². The monoisotopic (exact) mass is 419 g/mol. The third-order valence-corrected chi connectivity index (χ3v) is 4.39. The maximum Gasteiger partial charge on any atom is 0.315 e. The molecular weight excluding hydrogens is 398 g/mol. The van der Waals surface area contributed by atoms with Crippen molar-refractivity contribution in [1.29, 1.82) is 0 Å². The van der Waals surface area contributed by atoms with E-state index in [2.05, 4.69) is 10.5 Å². The van der Waals surface area contributed by atoms with Crippen LogP contribution in [0.5, 0.6) is 11.5 Å². The van der Waals surface area contributed by atoms with Crippen molar-refractivity contribution in [2.75, 3.05) is 7.11 Å². The normalized spacial score (nSPS) is 10.6. The van der Waals surface area contributed by atoms with Crippen LogP contribution in [0.25, 0.3) is 0 Å². The van der Waals surface area contributed by atoms with Gasteiger partial charge in [-0.1, -0.05) is 48.0 Å². The van der Waals surface area contributed by atoms with Crippen LogP contribution in [-0.4, -0.2) is 24.2 Å². The number of rotatable bonds is 8. The Balaban J connectivity index is 1.78. The van der Waals surface area contributed by atoms with Crippen molar-refractivity contribution in [3.8, 4) is 11.5 Å². The fourth-order valence-electron chi connectivity index (χ4n) is 2.78. The molecule has 158 valence electrons. The summed E-state index contributed by atoms with van der Waals surface area (Å²) in [5, 5.41) is 15.5. The van der Waals surface area contributed by atoms with Crippen molar-refractivity contribution in [2.45, 2.75) is 13.5 Å². The number of hydrazone groups is 1. The number of nitro benzene ring substituents is 1. The Bertz CT molecular complexity index is 1100. The van der Waals surface area contributed by atoms with Gasteiger partial charge in [0, 0.05) is 17.2 Å². The highest BCUT2D eigenvalue weighted by Crippen LogP contribution is 2.38. The summed E-state index contributed by atoms with van der Waals surface area (Å²) in [7, 11) is 1.40. The van der Waals surface area contributed by atoms with E-state index in [1.165, 1.54) is 19.4 Å². The van der Waals surface area contributed by atoms with Crippen molar-refractivity contribution in [3.05, 3.63) is 99.1 Å². The van der Waals surface area contributed by atoms with E-state index in [-0.39, 0.29) is 29.7 Å². The van der Waals surface area contributed by atoms with Crippen LogP contribution in [-0.2, 0) is 6.61 Å². The van der Waals surface area contributed by atoms with Gasteiger partial charge in [0.15, 0.2) is 5.75 Å². The number of methoxy groups -OCH3 is 1. The number of amides is 1. The number of ether oxygens (including phenoxy) is 2. The number of carbonyl (C=O) groups is 1. The molecule has 0 saturated carbocycles. The van der Waals surface area contributed by atoms with E-state index in [0.29, 0.717) is 11.1 Å². The first-order chi connectivity index (χ1) is 15.0.